The van der Waals surface area contributed by atoms with Gasteiger partial charge in [0.05, 0.1) is 0 Å². The third-order valence-electron chi connectivity index (χ3n) is 4.07. The first-order chi connectivity index (χ1) is 8.93. The van der Waals surface area contributed by atoms with E-state index in [4.69, 9.17) is 0 Å². The molecule has 3 heteroatoms. The van der Waals surface area contributed by atoms with Crippen LogP contribution in [0.3, 0.4) is 0 Å². The number of fused-ring (bicyclic) bond motifs is 1. The minimum absolute atomic E-state index is 0.581. The van der Waals surface area contributed by atoms with E-state index in [2.05, 4.69) is 34.9 Å². The van der Waals surface area contributed by atoms with E-state index in [1.807, 2.05) is 11.8 Å². The molecule has 0 spiro atoms. The van der Waals surface area contributed by atoms with Gasteiger partial charge in [0.15, 0.2) is 0 Å². The van der Waals surface area contributed by atoms with Gasteiger partial charge in [-0.1, -0.05) is 18.2 Å². The number of hydrogen-bond donors (Lipinski definition) is 2. The Morgan fingerprint density at radius 3 is 2.89 bits per heavy atom. The fraction of sp³-hybridized carbons (Fsp3) is 0.600. The third-order valence-corrected chi connectivity index (χ3v) is 5.19. The van der Waals surface area contributed by atoms with Crippen molar-refractivity contribution >= 4 is 11.8 Å². The average Bonchev–Trinajstić information content (AvgIpc) is 2.46. The normalized spacial score (nSPS) is 24.8. The highest BCUT2D eigenvalue weighted by molar-refractivity contribution is 7.99. The molecule has 3 rings (SSSR count). The van der Waals surface area contributed by atoms with Crippen molar-refractivity contribution in [2.45, 2.75) is 30.2 Å². The molecule has 1 aromatic rings. The van der Waals surface area contributed by atoms with Gasteiger partial charge in [-0.25, -0.2) is 0 Å². The van der Waals surface area contributed by atoms with Gasteiger partial charge in [0.1, 0.15) is 0 Å². The van der Waals surface area contributed by atoms with Gasteiger partial charge >= 0.3 is 0 Å². The van der Waals surface area contributed by atoms with Crippen molar-refractivity contribution in [2.75, 3.05) is 25.4 Å². The lowest BCUT2D eigenvalue weighted by atomic mass is 9.96. The molecule has 1 saturated heterocycles. The summed E-state index contributed by atoms with van der Waals surface area (Å²) in [5.74, 6) is 2.12. The van der Waals surface area contributed by atoms with Crippen molar-refractivity contribution in [2.24, 2.45) is 5.92 Å². The highest BCUT2D eigenvalue weighted by atomic mass is 32.2. The third kappa shape index (κ3) is 2.90. The largest absolute Gasteiger partial charge is 0.317 e. The smallest absolute Gasteiger partial charge is 0.0339 e. The van der Waals surface area contributed by atoms with Crippen LogP contribution in [0.2, 0.25) is 0 Å². The van der Waals surface area contributed by atoms with Crippen LogP contribution in [-0.2, 0) is 0 Å². The fourth-order valence-electron chi connectivity index (χ4n) is 2.95. The second-order valence-electron chi connectivity index (χ2n) is 5.33. The van der Waals surface area contributed by atoms with Crippen LogP contribution in [0.1, 0.15) is 30.9 Å². The highest BCUT2D eigenvalue weighted by Crippen LogP contribution is 2.35. The van der Waals surface area contributed by atoms with E-state index in [-0.39, 0.29) is 0 Å². The Labute approximate surface area is 114 Å². The molecule has 2 aliphatic heterocycles. The Morgan fingerprint density at radius 1 is 1.17 bits per heavy atom. The summed E-state index contributed by atoms with van der Waals surface area (Å²) in [4.78, 5) is 1.48. The summed E-state index contributed by atoms with van der Waals surface area (Å²) in [5, 5.41) is 7.24. The Balaban J connectivity index is 1.60. The van der Waals surface area contributed by atoms with Crippen LogP contribution in [0.5, 0.6) is 0 Å². The van der Waals surface area contributed by atoms with Gasteiger partial charge in [-0.3, -0.25) is 0 Å². The molecule has 98 valence electrons. The lowest BCUT2D eigenvalue weighted by Crippen LogP contribution is -2.35. The van der Waals surface area contributed by atoms with Gasteiger partial charge in [0.2, 0.25) is 0 Å². The Bertz CT molecular complexity index is 388. The van der Waals surface area contributed by atoms with Crippen LogP contribution in [0.25, 0.3) is 0 Å². The summed E-state index contributed by atoms with van der Waals surface area (Å²) in [6.45, 7) is 3.58. The van der Waals surface area contributed by atoms with Gasteiger partial charge in [0.25, 0.3) is 0 Å². The molecule has 2 nitrogen and oxygen atoms in total. The molecule has 0 amide bonds. The van der Waals surface area contributed by atoms with Crippen LogP contribution in [0.15, 0.2) is 29.2 Å². The topological polar surface area (TPSA) is 24.1 Å². The number of hydrogen-bond acceptors (Lipinski definition) is 3. The Hall–Kier alpha value is -0.510. The summed E-state index contributed by atoms with van der Waals surface area (Å²) in [5.41, 5.74) is 1.52. The highest BCUT2D eigenvalue weighted by Gasteiger charge is 2.21. The number of rotatable bonds is 3. The van der Waals surface area contributed by atoms with E-state index in [9.17, 15) is 0 Å². The molecule has 1 unspecified atom stereocenters. The average molecular weight is 262 g/mol. The molecule has 0 saturated carbocycles. The van der Waals surface area contributed by atoms with E-state index in [0.29, 0.717) is 6.04 Å². The molecule has 0 radical (unpaired) electrons. The molecule has 0 bridgehead atoms. The van der Waals surface area contributed by atoms with Gasteiger partial charge in [-0.2, -0.15) is 0 Å². The SMILES string of the molecule is c1ccc2c(c1)SCCC2NCC1CCNCC1. The molecule has 18 heavy (non-hydrogen) atoms. The number of nitrogens with one attached hydrogen (secondary N) is 2. The molecule has 1 fully saturated rings. The first-order valence-corrected chi connectivity index (χ1v) is 8.08. The van der Waals surface area contributed by atoms with Crippen molar-refractivity contribution in [1.29, 1.82) is 0 Å². The molecule has 1 atom stereocenters. The minimum atomic E-state index is 0.581. The molecule has 2 N–H and O–H groups in total. The van der Waals surface area contributed by atoms with Crippen molar-refractivity contribution in [3.05, 3.63) is 29.8 Å². The van der Waals surface area contributed by atoms with Crippen molar-refractivity contribution < 1.29 is 0 Å². The van der Waals surface area contributed by atoms with Crippen LogP contribution in [-0.4, -0.2) is 25.4 Å². The lowest BCUT2D eigenvalue weighted by Gasteiger charge is -2.29. The van der Waals surface area contributed by atoms with Gasteiger partial charge in [-0.15, -0.1) is 11.8 Å². The van der Waals surface area contributed by atoms with Gasteiger partial charge in [-0.05, 0) is 62.2 Å². The van der Waals surface area contributed by atoms with E-state index in [0.717, 1.165) is 5.92 Å². The number of benzene rings is 1. The van der Waals surface area contributed by atoms with E-state index in [1.54, 1.807) is 0 Å². The first kappa shape index (κ1) is 12.5. The van der Waals surface area contributed by atoms with Gasteiger partial charge in [0, 0.05) is 10.9 Å². The zero-order chi connectivity index (χ0) is 12.2. The van der Waals surface area contributed by atoms with Crippen molar-refractivity contribution in [1.82, 2.24) is 10.6 Å². The van der Waals surface area contributed by atoms with Gasteiger partial charge < -0.3 is 10.6 Å². The van der Waals surface area contributed by atoms with Crippen LogP contribution in [0, 0.1) is 5.92 Å². The monoisotopic (exact) mass is 262 g/mol. The van der Waals surface area contributed by atoms with Crippen molar-refractivity contribution in [3.63, 3.8) is 0 Å². The number of piperidine rings is 1. The first-order valence-electron chi connectivity index (χ1n) is 7.09. The maximum atomic E-state index is 3.81. The summed E-state index contributed by atoms with van der Waals surface area (Å²) in [6.07, 6.45) is 3.93. The molecule has 2 aliphatic rings. The quantitative estimate of drug-likeness (QED) is 0.876. The Morgan fingerprint density at radius 2 is 2.00 bits per heavy atom. The lowest BCUT2D eigenvalue weighted by molar-refractivity contribution is 0.337. The molecular formula is C15H22N2S. The number of thioether (sulfide) groups is 1. The molecule has 1 aromatic carbocycles. The Kier molecular flexibility index (Phi) is 4.24. The van der Waals surface area contributed by atoms with E-state index in [1.165, 1.54) is 55.1 Å². The molecule has 2 heterocycles. The van der Waals surface area contributed by atoms with Crippen LogP contribution in [0.4, 0.5) is 0 Å². The van der Waals surface area contributed by atoms with Crippen LogP contribution >= 0.6 is 11.8 Å². The summed E-state index contributed by atoms with van der Waals surface area (Å²) < 4.78 is 0. The van der Waals surface area contributed by atoms with Crippen molar-refractivity contribution in [3.8, 4) is 0 Å². The molecule has 0 aromatic heterocycles. The maximum absolute atomic E-state index is 3.81. The van der Waals surface area contributed by atoms with E-state index >= 15 is 0 Å². The molecular weight excluding hydrogens is 240 g/mol. The zero-order valence-electron chi connectivity index (χ0n) is 10.8. The maximum Gasteiger partial charge on any atom is 0.0339 e. The molecule has 0 aliphatic carbocycles. The predicted molar refractivity (Wildman–Crippen MR) is 78.1 cm³/mol. The fourth-order valence-corrected chi connectivity index (χ4v) is 4.07. The van der Waals surface area contributed by atoms with Crippen LogP contribution < -0.4 is 10.6 Å². The second-order valence-corrected chi connectivity index (χ2v) is 6.47. The summed E-state index contributed by atoms with van der Waals surface area (Å²) >= 11 is 2.00. The van der Waals surface area contributed by atoms with E-state index < -0.39 is 0 Å². The predicted octanol–water partition coefficient (Wildman–Crippen LogP) is 2.81. The second kappa shape index (κ2) is 6.09. The summed E-state index contributed by atoms with van der Waals surface area (Å²) in [7, 11) is 0. The summed E-state index contributed by atoms with van der Waals surface area (Å²) in [6, 6.07) is 9.46. The zero-order valence-corrected chi connectivity index (χ0v) is 11.6. The standard InChI is InChI=1S/C15H22N2S/c1-2-4-15-13(3-1)14(7-10-18-15)17-11-12-5-8-16-9-6-12/h1-4,12,14,16-17H,5-11H2. The minimum Gasteiger partial charge on any atom is -0.317 e.